The van der Waals surface area contributed by atoms with Crippen LogP contribution in [0.1, 0.15) is 32.9 Å². The Labute approximate surface area is 164 Å². The molecule has 0 fully saturated rings. The van der Waals surface area contributed by atoms with Crippen LogP contribution in [0, 0.1) is 19.7 Å². The Hall–Kier alpha value is -3.16. The second kappa shape index (κ2) is 7.69. The topological polar surface area (TPSA) is 44.0 Å². The van der Waals surface area contributed by atoms with E-state index < -0.39 is 29.6 Å². The highest BCUT2D eigenvalue weighted by molar-refractivity contribution is 5.97. The second-order valence-electron chi connectivity index (χ2n) is 6.80. The number of aryl methyl sites for hydroxylation is 1. The fourth-order valence-electron chi connectivity index (χ4n) is 3.16. The average Bonchev–Trinajstić information content (AvgIpc) is 2.92. The molecular weight excluding hydrogens is 388 g/mol. The first-order valence-corrected chi connectivity index (χ1v) is 8.78. The first kappa shape index (κ1) is 20.6. The molecule has 0 amide bonds. The molecule has 0 saturated carbocycles. The van der Waals surface area contributed by atoms with E-state index in [-0.39, 0.29) is 5.82 Å². The Bertz CT molecular complexity index is 1110. The Morgan fingerprint density at radius 2 is 1.69 bits per heavy atom. The van der Waals surface area contributed by atoms with Gasteiger partial charge in [-0.1, -0.05) is 12.1 Å². The SMILES string of the molecule is Cc1cc(C(=O)Cn2cc(C(F)(F)F)ccc2=O)c(C)n1Cc1ccc(F)cc1. The summed E-state index contributed by atoms with van der Waals surface area (Å²) >= 11 is 0. The zero-order valence-corrected chi connectivity index (χ0v) is 15.8. The zero-order valence-electron chi connectivity index (χ0n) is 15.8. The summed E-state index contributed by atoms with van der Waals surface area (Å²) in [4.78, 5) is 24.6. The van der Waals surface area contributed by atoms with Gasteiger partial charge in [-0.2, -0.15) is 13.2 Å². The van der Waals surface area contributed by atoms with E-state index in [9.17, 15) is 27.2 Å². The smallest absolute Gasteiger partial charge is 0.344 e. The number of aromatic nitrogens is 2. The minimum absolute atomic E-state index is 0.328. The summed E-state index contributed by atoms with van der Waals surface area (Å²) < 4.78 is 54.4. The molecule has 0 bridgehead atoms. The number of hydrogen-bond donors (Lipinski definition) is 0. The Kier molecular flexibility index (Phi) is 5.46. The molecule has 3 rings (SSSR count). The van der Waals surface area contributed by atoms with Gasteiger partial charge in [0.05, 0.1) is 12.1 Å². The molecule has 0 aliphatic rings. The molecule has 2 heterocycles. The van der Waals surface area contributed by atoms with Crippen LogP contribution in [-0.4, -0.2) is 14.9 Å². The summed E-state index contributed by atoms with van der Waals surface area (Å²) in [6, 6.07) is 9.09. The van der Waals surface area contributed by atoms with Gasteiger partial charge < -0.3 is 9.13 Å². The van der Waals surface area contributed by atoms with Crippen LogP contribution in [0.2, 0.25) is 0 Å². The van der Waals surface area contributed by atoms with E-state index in [0.29, 0.717) is 30.1 Å². The summed E-state index contributed by atoms with van der Waals surface area (Å²) in [5.41, 5.74) is 0.872. The predicted molar refractivity (Wildman–Crippen MR) is 99.4 cm³/mol. The van der Waals surface area contributed by atoms with Gasteiger partial charge in [0.25, 0.3) is 5.56 Å². The number of carbonyl (C=O) groups excluding carboxylic acids is 1. The van der Waals surface area contributed by atoms with E-state index in [1.54, 1.807) is 32.0 Å². The van der Waals surface area contributed by atoms with E-state index in [1.807, 2.05) is 4.57 Å². The van der Waals surface area contributed by atoms with Gasteiger partial charge in [0.1, 0.15) is 5.82 Å². The lowest BCUT2D eigenvalue weighted by atomic mass is 10.1. The largest absolute Gasteiger partial charge is 0.417 e. The van der Waals surface area contributed by atoms with Gasteiger partial charge in [0.15, 0.2) is 5.78 Å². The minimum Gasteiger partial charge on any atom is -0.344 e. The highest BCUT2D eigenvalue weighted by Gasteiger charge is 2.31. The first-order valence-electron chi connectivity index (χ1n) is 8.78. The maximum Gasteiger partial charge on any atom is 0.417 e. The van der Waals surface area contributed by atoms with Crippen molar-refractivity contribution in [3.8, 4) is 0 Å². The van der Waals surface area contributed by atoms with Crippen molar-refractivity contribution in [2.24, 2.45) is 0 Å². The van der Waals surface area contributed by atoms with Gasteiger partial charge in [0, 0.05) is 35.8 Å². The van der Waals surface area contributed by atoms with Crippen LogP contribution in [0.25, 0.3) is 0 Å². The molecule has 0 N–H and O–H groups in total. The summed E-state index contributed by atoms with van der Waals surface area (Å²) in [6.07, 6.45) is -3.96. The van der Waals surface area contributed by atoms with Crippen LogP contribution >= 0.6 is 0 Å². The molecule has 0 spiro atoms. The van der Waals surface area contributed by atoms with Crippen LogP contribution in [0.3, 0.4) is 0 Å². The molecule has 0 radical (unpaired) electrons. The van der Waals surface area contributed by atoms with Crippen molar-refractivity contribution in [3.63, 3.8) is 0 Å². The predicted octanol–water partition coefficient (Wildman–Crippen LogP) is 4.36. The molecule has 0 aliphatic carbocycles. The summed E-state index contributed by atoms with van der Waals surface area (Å²) in [7, 11) is 0. The zero-order chi connectivity index (χ0) is 21.3. The number of Topliss-reactive ketones (excluding diaryl/α,β-unsaturated/α-hetero) is 1. The number of benzene rings is 1. The second-order valence-corrected chi connectivity index (χ2v) is 6.80. The average molecular weight is 406 g/mol. The van der Waals surface area contributed by atoms with Crippen LogP contribution in [0.15, 0.2) is 53.5 Å². The fraction of sp³-hybridized carbons (Fsp3) is 0.238. The molecule has 0 unspecified atom stereocenters. The lowest BCUT2D eigenvalue weighted by molar-refractivity contribution is -0.138. The Morgan fingerprint density at radius 3 is 2.31 bits per heavy atom. The van der Waals surface area contributed by atoms with Crippen molar-refractivity contribution in [3.05, 3.63) is 92.9 Å². The van der Waals surface area contributed by atoms with E-state index in [0.717, 1.165) is 21.9 Å². The monoisotopic (exact) mass is 406 g/mol. The summed E-state index contributed by atoms with van der Waals surface area (Å²) in [5, 5.41) is 0. The number of pyridine rings is 1. The van der Waals surface area contributed by atoms with Gasteiger partial charge in [-0.3, -0.25) is 9.59 Å². The van der Waals surface area contributed by atoms with E-state index >= 15 is 0 Å². The van der Waals surface area contributed by atoms with Crippen molar-refractivity contribution >= 4 is 5.78 Å². The van der Waals surface area contributed by atoms with E-state index in [1.165, 1.54) is 12.1 Å². The van der Waals surface area contributed by atoms with Crippen molar-refractivity contribution in [2.75, 3.05) is 0 Å². The van der Waals surface area contributed by atoms with Crippen LogP contribution in [0.5, 0.6) is 0 Å². The number of carbonyl (C=O) groups is 1. The lowest BCUT2D eigenvalue weighted by Gasteiger charge is -2.11. The van der Waals surface area contributed by atoms with Crippen LogP contribution in [0.4, 0.5) is 17.6 Å². The van der Waals surface area contributed by atoms with Gasteiger partial charge in [0.2, 0.25) is 0 Å². The minimum atomic E-state index is -4.61. The maximum absolute atomic E-state index is 13.1. The molecule has 8 heteroatoms. The number of alkyl halides is 3. The molecule has 1 aromatic carbocycles. The quantitative estimate of drug-likeness (QED) is 0.467. The lowest BCUT2D eigenvalue weighted by Crippen LogP contribution is -2.25. The van der Waals surface area contributed by atoms with Gasteiger partial charge in [-0.05, 0) is 43.7 Å². The third-order valence-electron chi connectivity index (χ3n) is 4.75. The number of rotatable bonds is 5. The molecule has 152 valence electrons. The molecule has 29 heavy (non-hydrogen) atoms. The van der Waals surface area contributed by atoms with Crippen molar-refractivity contribution in [1.29, 1.82) is 0 Å². The molecule has 3 aromatic rings. The normalized spacial score (nSPS) is 11.7. The molecule has 0 saturated heterocycles. The highest BCUT2D eigenvalue weighted by Crippen LogP contribution is 2.28. The standard InChI is InChI=1S/C21H18F4N2O2/c1-13-9-18(14(2)27(13)10-15-3-6-17(22)7-4-15)19(28)12-26-11-16(21(23,24)25)5-8-20(26)29/h3-9,11H,10,12H2,1-2H3. The first-order chi connectivity index (χ1) is 13.6. The fourth-order valence-corrected chi connectivity index (χ4v) is 3.16. The van der Waals surface area contributed by atoms with Gasteiger partial charge >= 0.3 is 6.18 Å². The van der Waals surface area contributed by atoms with Crippen molar-refractivity contribution in [2.45, 2.75) is 33.1 Å². The van der Waals surface area contributed by atoms with Crippen LogP contribution < -0.4 is 5.56 Å². The summed E-state index contributed by atoms with van der Waals surface area (Å²) in [6.45, 7) is 3.43. The third-order valence-corrected chi connectivity index (χ3v) is 4.75. The van der Waals surface area contributed by atoms with Crippen molar-refractivity contribution < 1.29 is 22.4 Å². The Balaban J connectivity index is 1.87. The van der Waals surface area contributed by atoms with E-state index in [4.69, 9.17) is 0 Å². The summed E-state index contributed by atoms with van der Waals surface area (Å²) in [5.74, 6) is -0.818. The van der Waals surface area contributed by atoms with Crippen molar-refractivity contribution in [1.82, 2.24) is 9.13 Å². The molecule has 0 atom stereocenters. The third kappa shape index (κ3) is 4.47. The number of nitrogens with zero attached hydrogens (tertiary/aromatic N) is 2. The molecule has 4 nitrogen and oxygen atoms in total. The molecule has 0 aliphatic heterocycles. The molecular formula is C21H18F4N2O2. The van der Waals surface area contributed by atoms with Crippen LogP contribution in [-0.2, 0) is 19.3 Å². The Morgan fingerprint density at radius 1 is 1.03 bits per heavy atom. The van der Waals surface area contributed by atoms with Gasteiger partial charge in [-0.15, -0.1) is 0 Å². The van der Waals surface area contributed by atoms with Gasteiger partial charge in [-0.25, -0.2) is 4.39 Å². The van der Waals surface area contributed by atoms with E-state index in [2.05, 4.69) is 0 Å². The number of hydrogen-bond acceptors (Lipinski definition) is 2. The highest BCUT2D eigenvalue weighted by atomic mass is 19.4. The molecule has 2 aromatic heterocycles. The number of halogens is 4. The number of ketones is 1. The maximum atomic E-state index is 13.1.